The van der Waals surface area contributed by atoms with Gasteiger partial charge in [-0.2, -0.15) is 15.1 Å². The van der Waals surface area contributed by atoms with E-state index in [2.05, 4.69) is 49.6 Å². The monoisotopic (exact) mass is 545 g/mol. The molecule has 39 heavy (non-hydrogen) atoms. The first-order valence-electron chi connectivity index (χ1n) is 12.8. The summed E-state index contributed by atoms with van der Waals surface area (Å²) in [6.45, 7) is 0.393. The number of fused-ring (bicyclic) bond motifs is 1. The van der Waals surface area contributed by atoms with E-state index < -0.39 is 24.3 Å². The minimum Gasteiger partial charge on any atom is -0.392 e. The van der Waals surface area contributed by atoms with E-state index in [1.807, 2.05) is 36.4 Å². The third-order valence-electron chi connectivity index (χ3n) is 7.43. The van der Waals surface area contributed by atoms with E-state index in [4.69, 9.17) is 11.6 Å². The SMILES string of the molecule is OCc1cnn([C@H]2C[C@H](n3cnc4c(NCC(c5ccccc5)c5ccccc5)nc(Cl)nc43)[C@H](O)[C@H]2O)c1. The van der Waals surface area contributed by atoms with Gasteiger partial charge < -0.3 is 25.2 Å². The van der Waals surface area contributed by atoms with Crippen LogP contribution in [0.2, 0.25) is 5.28 Å². The van der Waals surface area contributed by atoms with Crippen molar-refractivity contribution >= 4 is 28.6 Å². The second kappa shape index (κ2) is 10.7. The third-order valence-corrected chi connectivity index (χ3v) is 7.60. The van der Waals surface area contributed by atoms with Gasteiger partial charge in [-0.25, -0.2) is 4.98 Å². The van der Waals surface area contributed by atoms with Crippen molar-refractivity contribution in [3.63, 3.8) is 0 Å². The van der Waals surface area contributed by atoms with Gasteiger partial charge in [-0.3, -0.25) is 4.68 Å². The average Bonchev–Trinajstić information content (AvgIpc) is 3.68. The van der Waals surface area contributed by atoms with Gasteiger partial charge in [-0.15, -0.1) is 0 Å². The minimum absolute atomic E-state index is 0.0481. The van der Waals surface area contributed by atoms with Crippen LogP contribution in [-0.4, -0.2) is 63.4 Å². The van der Waals surface area contributed by atoms with Gasteiger partial charge in [-0.05, 0) is 29.1 Å². The Hall–Kier alpha value is -3.83. The van der Waals surface area contributed by atoms with Crippen LogP contribution in [0.1, 0.15) is 41.1 Å². The van der Waals surface area contributed by atoms with Crippen molar-refractivity contribution < 1.29 is 15.3 Å². The molecule has 2 aromatic carbocycles. The number of aliphatic hydroxyl groups excluding tert-OH is 3. The van der Waals surface area contributed by atoms with E-state index in [1.54, 1.807) is 28.0 Å². The van der Waals surface area contributed by atoms with E-state index in [0.717, 1.165) is 11.1 Å². The first-order chi connectivity index (χ1) is 19.0. The highest BCUT2D eigenvalue weighted by atomic mass is 35.5. The highest BCUT2D eigenvalue weighted by Crippen LogP contribution is 2.40. The van der Waals surface area contributed by atoms with E-state index in [0.29, 0.717) is 35.5 Å². The molecule has 0 aliphatic heterocycles. The number of aliphatic hydroxyl groups is 3. The van der Waals surface area contributed by atoms with Crippen molar-refractivity contribution in [2.45, 2.75) is 43.2 Å². The van der Waals surface area contributed by atoms with Crippen LogP contribution in [0.15, 0.2) is 79.4 Å². The summed E-state index contributed by atoms with van der Waals surface area (Å²) in [7, 11) is 0. The molecule has 3 heterocycles. The molecular weight excluding hydrogens is 518 g/mol. The van der Waals surface area contributed by atoms with E-state index in [1.165, 1.54) is 0 Å². The molecule has 10 nitrogen and oxygen atoms in total. The van der Waals surface area contributed by atoms with Crippen molar-refractivity contribution in [3.05, 3.63) is 101 Å². The van der Waals surface area contributed by atoms with E-state index in [-0.39, 0.29) is 17.8 Å². The molecule has 4 N–H and O–H groups in total. The maximum atomic E-state index is 11.0. The van der Waals surface area contributed by atoms with Crippen molar-refractivity contribution in [3.8, 4) is 0 Å². The molecule has 3 aromatic heterocycles. The molecule has 0 bridgehead atoms. The largest absolute Gasteiger partial charge is 0.392 e. The summed E-state index contributed by atoms with van der Waals surface area (Å²) in [4.78, 5) is 13.4. The van der Waals surface area contributed by atoms with Gasteiger partial charge >= 0.3 is 0 Å². The first-order valence-corrected chi connectivity index (χ1v) is 13.1. The zero-order chi connectivity index (χ0) is 26.9. The molecule has 11 heteroatoms. The topological polar surface area (TPSA) is 134 Å². The second-order valence-electron chi connectivity index (χ2n) is 9.76. The summed E-state index contributed by atoms with van der Waals surface area (Å²) in [6.07, 6.45) is 3.05. The lowest BCUT2D eigenvalue weighted by molar-refractivity contribution is 0.00720. The van der Waals surface area contributed by atoms with E-state index >= 15 is 0 Å². The normalized spacial score (nSPS) is 21.2. The number of hydrogen-bond acceptors (Lipinski definition) is 8. The number of halogens is 1. The van der Waals surface area contributed by atoms with Crippen LogP contribution in [0.25, 0.3) is 11.2 Å². The van der Waals surface area contributed by atoms with Crippen molar-refractivity contribution in [1.29, 1.82) is 0 Å². The van der Waals surface area contributed by atoms with Crippen molar-refractivity contribution in [2.24, 2.45) is 0 Å². The summed E-state index contributed by atoms with van der Waals surface area (Å²) in [5.74, 6) is 0.550. The maximum absolute atomic E-state index is 11.0. The van der Waals surface area contributed by atoms with Gasteiger partial charge in [0.15, 0.2) is 17.0 Å². The van der Waals surface area contributed by atoms with Gasteiger partial charge in [-0.1, -0.05) is 60.7 Å². The molecule has 1 aliphatic carbocycles. The summed E-state index contributed by atoms with van der Waals surface area (Å²) in [5.41, 5.74) is 3.94. The highest BCUT2D eigenvalue weighted by Gasteiger charge is 2.44. The zero-order valence-corrected chi connectivity index (χ0v) is 21.7. The Bertz CT molecular complexity index is 1520. The number of aromatic nitrogens is 6. The Labute approximate surface area is 229 Å². The fourth-order valence-electron chi connectivity index (χ4n) is 5.42. The van der Waals surface area contributed by atoms with Crippen LogP contribution < -0.4 is 5.32 Å². The molecule has 200 valence electrons. The Morgan fingerprint density at radius 1 is 0.949 bits per heavy atom. The number of anilines is 1. The van der Waals surface area contributed by atoms with Crippen LogP contribution in [0, 0.1) is 0 Å². The fraction of sp³-hybridized carbons (Fsp3) is 0.286. The summed E-state index contributed by atoms with van der Waals surface area (Å²) in [6, 6.07) is 19.5. The van der Waals surface area contributed by atoms with Crippen LogP contribution in [0.3, 0.4) is 0 Å². The van der Waals surface area contributed by atoms with E-state index in [9.17, 15) is 15.3 Å². The molecule has 4 atom stereocenters. The summed E-state index contributed by atoms with van der Waals surface area (Å²) >= 11 is 6.36. The Kier molecular flexibility index (Phi) is 7.01. The van der Waals surface area contributed by atoms with Gasteiger partial charge in [0.2, 0.25) is 5.28 Å². The molecule has 1 fully saturated rings. The lowest BCUT2D eigenvalue weighted by Crippen LogP contribution is -2.30. The number of nitrogens with zero attached hydrogens (tertiary/aromatic N) is 6. The number of rotatable bonds is 8. The van der Waals surface area contributed by atoms with Crippen molar-refractivity contribution in [1.82, 2.24) is 29.3 Å². The van der Waals surface area contributed by atoms with Gasteiger partial charge in [0.1, 0.15) is 12.2 Å². The smallest absolute Gasteiger partial charge is 0.226 e. The molecule has 0 saturated heterocycles. The fourth-order valence-corrected chi connectivity index (χ4v) is 5.58. The molecule has 0 spiro atoms. The lowest BCUT2D eigenvalue weighted by Gasteiger charge is -2.20. The molecule has 1 aliphatic rings. The number of imidazole rings is 1. The summed E-state index contributed by atoms with van der Waals surface area (Å²) in [5, 5.41) is 38.9. The third kappa shape index (κ3) is 4.87. The van der Waals surface area contributed by atoms with Crippen LogP contribution in [0.4, 0.5) is 5.82 Å². The average molecular weight is 546 g/mol. The maximum Gasteiger partial charge on any atom is 0.226 e. The van der Waals surface area contributed by atoms with Gasteiger partial charge in [0.05, 0.1) is 31.2 Å². The molecule has 5 aromatic rings. The second-order valence-corrected chi connectivity index (χ2v) is 10.1. The van der Waals surface area contributed by atoms with Gasteiger partial charge in [0, 0.05) is 24.2 Å². The van der Waals surface area contributed by atoms with Crippen molar-refractivity contribution in [2.75, 3.05) is 11.9 Å². The Morgan fingerprint density at radius 2 is 1.62 bits per heavy atom. The predicted octanol–water partition coefficient (Wildman–Crippen LogP) is 3.32. The van der Waals surface area contributed by atoms with Gasteiger partial charge in [0.25, 0.3) is 0 Å². The Balaban J connectivity index is 1.30. The molecule has 0 radical (unpaired) electrons. The number of nitrogens with one attached hydrogen (secondary N) is 1. The molecule has 0 unspecified atom stereocenters. The molecular formula is C28H28ClN7O3. The number of hydrogen-bond donors (Lipinski definition) is 4. The molecule has 0 amide bonds. The first kappa shape index (κ1) is 25.4. The number of benzene rings is 2. The highest BCUT2D eigenvalue weighted by molar-refractivity contribution is 6.28. The molecule has 6 rings (SSSR count). The van der Waals surface area contributed by atoms with Crippen LogP contribution in [-0.2, 0) is 6.61 Å². The Morgan fingerprint density at radius 3 is 2.26 bits per heavy atom. The van der Waals surface area contributed by atoms with Crippen LogP contribution >= 0.6 is 11.6 Å². The quantitative estimate of drug-likeness (QED) is 0.218. The minimum atomic E-state index is -1.08. The zero-order valence-electron chi connectivity index (χ0n) is 20.9. The molecule has 1 saturated carbocycles. The standard InChI is InChI=1S/C28H28ClN7O3/c29-28-33-26(30-13-20(18-7-3-1-4-8-18)19-9-5-2-6-10-19)23-27(34-28)35(16-31-23)21-11-22(25(39)24(21)38)36-14-17(15-37)12-32-36/h1-10,12,14,16,20-22,24-25,37-39H,11,13,15H2,(H,30,33,34)/t21-,22-,24-,25-/m0/s1. The lowest BCUT2D eigenvalue weighted by atomic mass is 9.91. The summed E-state index contributed by atoms with van der Waals surface area (Å²) < 4.78 is 3.32. The van der Waals surface area contributed by atoms with Crippen LogP contribution in [0.5, 0.6) is 0 Å². The predicted molar refractivity (Wildman–Crippen MR) is 146 cm³/mol.